The average molecular weight is 350 g/mol. The lowest BCUT2D eigenvalue weighted by atomic mass is 10.0. The Bertz CT molecular complexity index is 587. The lowest BCUT2D eigenvalue weighted by Gasteiger charge is -2.24. The number of benzene rings is 2. The standard InChI is InChI=1S/C17H20BrNO2/c1-12(19)17(15-8-3-4-9-16(15)18)21-14-7-5-6-13(10-14)11-20-2/h3-10,12,17H,11,19H2,1-2H3. The third-order valence-corrected chi connectivity index (χ3v) is 3.88. The second-order valence-corrected chi connectivity index (χ2v) is 5.85. The van der Waals surface area contributed by atoms with Crippen LogP contribution in [0.25, 0.3) is 0 Å². The van der Waals surface area contributed by atoms with Crippen LogP contribution >= 0.6 is 15.9 Å². The van der Waals surface area contributed by atoms with E-state index in [9.17, 15) is 0 Å². The van der Waals surface area contributed by atoms with Crippen molar-refractivity contribution in [3.05, 3.63) is 64.1 Å². The summed E-state index contributed by atoms with van der Waals surface area (Å²) in [5.74, 6) is 0.794. The summed E-state index contributed by atoms with van der Waals surface area (Å²) in [5.41, 5.74) is 8.23. The molecule has 2 rings (SSSR count). The Morgan fingerprint density at radius 2 is 1.90 bits per heavy atom. The third kappa shape index (κ3) is 4.30. The van der Waals surface area contributed by atoms with Crippen molar-refractivity contribution < 1.29 is 9.47 Å². The molecule has 3 nitrogen and oxygen atoms in total. The molecular weight excluding hydrogens is 330 g/mol. The molecule has 0 saturated carbocycles. The van der Waals surface area contributed by atoms with E-state index in [0.29, 0.717) is 6.61 Å². The van der Waals surface area contributed by atoms with Crippen LogP contribution in [-0.4, -0.2) is 13.2 Å². The van der Waals surface area contributed by atoms with Crippen molar-refractivity contribution in [2.24, 2.45) is 5.73 Å². The Balaban J connectivity index is 2.25. The van der Waals surface area contributed by atoms with Gasteiger partial charge in [-0.1, -0.05) is 46.3 Å². The van der Waals surface area contributed by atoms with E-state index in [2.05, 4.69) is 15.9 Å². The fraction of sp³-hybridized carbons (Fsp3) is 0.294. The minimum absolute atomic E-state index is 0.130. The highest BCUT2D eigenvalue weighted by Gasteiger charge is 2.20. The van der Waals surface area contributed by atoms with Crippen LogP contribution in [0.15, 0.2) is 53.0 Å². The summed E-state index contributed by atoms with van der Waals surface area (Å²) < 4.78 is 12.3. The number of ether oxygens (including phenoxy) is 2. The molecule has 112 valence electrons. The van der Waals surface area contributed by atoms with E-state index in [1.165, 1.54) is 0 Å². The summed E-state index contributed by atoms with van der Waals surface area (Å²) in [6.45, 7) is 2.51. The Kier molecular flexibility index (Phi) is 5.79. The first-order valence-electron chi connectivity index (χ1n) is 6.86. The van der Waals surface area contributed by atoms with Crippen molar-refractivity contribution in [2.75, 3.05) is 7.11 Å². The Morgan fingerprint density at radius 1 is 1.14 bits per heavy atom. The maximum atomic E-state index is 6.12. The maximum Gasteiger partial charge on any atom is 0.140 e. The molecule has 0 aliphatic heterocycles. The highest BCUT2D eigenvalue weighted by molar-refractivity contribution is 9.10. The Morgan fingerprint density at radius 3 is 2.57 bits per heavy atom. The molecule has 21 heavy (non-hydrogen) atoms. The quantitative estimate of drug-likeness (QED) is 0.854. The van der Waals surface area contributed by atoms with Crippen molar-refractivity contribution in [3.8, 4) is 5.75 Å². The van der Waals surface area contributed by atoms with Gasteiger partial charge in [0.1, 0.15) is 11.9 Å². The van der Waals surface area contributed by atoms with E-state index in [-0.39, 0.29) is 12.1 Å². The SMILES string of the molecule is COCc1cccc(OC(c2ccccc2Br)C(C)N)c1. The minimum atomic E-state index is -0.210. The van der Waals surface area contributed by atoms with Crippen molar-refractivity contribution in [3.63, 3.8) is 0 Å². The number of methoxy groups -OCH3 is 1. The van der Waals surface area contributed by atoms with Gasteiger partial charge in [0, 0.05) is 23.2 Å². The average Bonchev–Trinajstić information content (AvgIpc) is 2.46. The largest absolute Gasteiger partial charge is 0.484 e. The van der Waals surface area contributed by atoms with Gasteiger partial charge in [-0.15, -0.1) is 0 Å². The summed E-state index contributed by atoms with van der Waals surface area (Å²) in [6, 6.07) is 15.7. The van der Waals surface area contributed by atoms with Crippen LogP contribution in [0, 0.1) is 0 Å². The summed E-state index contributed by atoms with van der Waals surface area (Å²) in [4.78, 5) is 0. The molecule has 0 heterocycles. The molecule has 2 atom stereocenters. The summed E-state index contributed by atoms with van der Waals surface area (Å²) in [6.07, 6.45) is -0.210. The molecule has 0 radical (unpaired) electrons. The first-order chi connectivity index (χ1) is 10.1. The molecule has 2 aromatic carbocycles. The van der Waals surface area contributed by atoms with Crippen LogP contribution in [0.4, 0.5) is 0 Å². The topological polar surface area (TPSA) is 44.5 Å². The van der Waals surface area contributed by atoms with Gasteiger partial charge in [0.05, 0.1) is 6.61 Å². The molecule has 0 fully saturated rings. The molecule has 0 bridgehead atoms. The fourth-order valence-electron chi connectivity index (χ4n) is 2.18. The van der Waals surface area contributed by atoms with Gasteiger partial charge < -0.3 is 15.2 Å². The molecule has 0 saturated heterocycles. The molecule has 0 aromatic heterocycles. The summed E-state index contributed by atoms with van der Waals surface area (Å²) in [7, 11) is 1.68. The van der Waals surface area contributed by atoms with E-state index in [1.54, 1.807) is 7.11 Å². The van der Waals surface area contributed by atoms with E-state index in [0.717, 1.165) is 21.3 Å². The van der Waals surface area contributed by atoms with E-state index >= 15 is 0 Å². The van der Waals surface area contributed by atoms with Crippen molar-refractivity contribution in [2.45, 2.75) is 25.7 Å². The third-order valence-electron chi connectivity index (χ3n) is 3.16. The zero-order chi connectivity index (χ0) is 15.2. The molecule has 2 unspecified atom stereocenters. The number of halogens is 1. The van der Waals surface area contributed by atoms with Crippen LogP contribution in [-0.2, 0) is 11.3 Å². The van der Waals surface area contributed by atoms with E-state index < -0.39 is 0 Å². The number of hydrogen-bond acceptors (Lipinski definition) is 3. The maximum absolute atomic E-state index is 6.12. The lowest BCUT2D eigenvalue weighted by Crippen LogP contribution is -2.29. The van der Waals surface area contributed by atoms with Gasteiger partial charge in [0.15, 0.2) is 0 Å². The first kappa shape index (κ1) is 16.0. The van der Waals surface area contributed by atoms with Gasteiger partial charge in [-0.25, -0.2) is 0 Å². The van der Waals surface area contributed by atoms with Crippen LogP contribution < -0.4 is 10.5 Å². The van der Waals surface area contributed by atoms with Crippen molar-refractivity contribution >= 4 is 15.9 Å². The smallest absolute Gasteiger partial charge is 0.140 e. The van der Waals surface area contributed by atoms with Gasteiger partial charge in [0.25, 0.3) is 0 Å². The van der Waals surface area contributed by atoms with Gasteiger partial charge in [0.2, 0.25) is 0 Å². The number of hydrogen-bond donors (Lipinski definition) is 1. The van der Waals surface area contributed by atoms with Crippen molar-refractivity contribution in [1.29, 1.82) is 0 Å². The highest BCUT2D eigenvalue weighted by atomic mass is 79.9. The van der Waals surface area contributed by atoms with Gasteiger partial charge in [-0.05, 0) is 30.7 Å². The van der Waals surface area contributed by atoms with Crippen molar-refractivity contribution in [1.82, 2.24) is 0 Å². The second-order valence-electron chi connectivity index (χ2n) is 5.00. The Labute approximate surface area is 134 Å². The van der Waals surface area contributed by atoms with Gasteiger partial charge in [-0.2, -0.15) is 0 Å². The number of rotatable bonds is 6. The van der Waals surface area contributed by atoms with E-state index in [4.69, 9.17) is 15.2 Å². The van der Waals surface area contributed by atoms with Gasteiger partial charge in [-0.3, -0.25) is 0 Å². The fourth-order valence-corrected chi connectivity index (χ4v) is 2.69. The molecule has 0 aliphatic carbocycles. The van der Waals surface area contributed by atoms with Crippen LogP contribution in [0.1, 0.15) is 24.2 Å². The molecule has 0 spiro atoms. The highest BCUT2D eigenvalue weighted by Crippen LogP contribution is 2.30. The predicted molar refractivity (Wildman–Crippen MR) is 88.3 cm³/mol. The monoisotopic (exact) mass is 349 g/mol. The molecule has 0 amide bonds. The van der Waals surface area contributed by atoms with Gasteiger partial charge >= 0.3 is 0 Å². The molecule has 4 heteroatoms. The normalized spacial score (nSPS) is 13.7. The molecule has 2 aromatic rings. The second kappa shape index (κ2) is 7.59. The zero-order valence-electron chi connectivity index (χ0n) is 12.3. The van der Waals surface area contributed by atoms with Crippen LogP contribution in [0.2, 0.25) is 0 Å². The molecular formula is C17H20BrNO2. The van der Waals surface area contributed by atoms with E-state index in [1.807, 2.05) is 55.5 Å². The lowest BCUT2D eigenvalue weighted by molar-refractivity contribution is 0.174. The zero-order valence-corrected chi connectivity index (χ0v) is 13.8. The molecule has 2 N–H and O–H groups in total. The summed E-state index contributed by atoms with van der Waals surface area (Å²) in [5, 5.41) is 0. The Hall–Kier alpha value is -1.36. The minimum Gasteiger partial charge on any atom is -0.484 e. The number of nitrogens with two attached hydrogens (primary N) is 1. The summed E-state index contributed by atoms with van der Waals surface area (Å²) >= 11 is 3.56. The first-order valence-corrected chi connectivity index (χ1v) is 7.65. The molecule has 0 aliphatic rings. The van der Waals surface area contributed by atoms with Crippen LogP contribution in [0.3, 0.4) is 0 Å². The predicted octanol–water partition coefficient (Wildman–Crippen LogP) is 4.06. The van der Waals surface area contributed by atoms with Crippen LogP contribution in [0.5, 0.6) is 5.75 Å².